The Labute approximate surface area is 113 Å². The first-order valence-electron chi connectivity index (χ1n) is 6.28. The van der Waals surface area contributed by atoms with Gasteiger partial charge < -0.3 is 19.1 Å². The summed E-state index contributed by atoms with van der Waals surface area (Å²) in [4.78, 5) is 14.5. The van der Waals surface area contributed by atoms with E-state index >= 15 is 0 Å². The lowest BCUT2D eigenvalue weighted by molar-refractivity contribution is 0.00328. The molecule has 1 heterocycles. The number of nitrogens with zero attached hydrogens (tertiary/aromatic N) is 1. The maximum Gasteiger partial charge on any atom is 0.261 e. The Morgan fingerprint density at radius 2 is 1.95 bits per heavy atom. The molecule has 1 unspecified atom stereocenters. The molecular weight excluding hydrogens is 246 g/mol. The van der Waals surface area contributed by atoms with E-state index in [-0.39, 0.29) is 11.9 Å². The molecule has 1 amide bonds. The van der Waals surface area contributed by atoms with E-state index in [4.69, 9.17) is 14.2 Å². The van der Waals surface area contributed by atoms with E-state index in [9.17, 15) is 4.79 Å². The molecule has 0 saturated carbocycles. The van der Waals surface area contributed by atoms with E-state index in [1.807, 2.05) is 6.92 Å². The first-order chi connectivity index (χ1) is 9.19. The van der Waals surface area contributed by atoms with Gasteiger partial charge in [0.1, 0.15) is 17.1 Å². The average molecular weight is 265 g/mol. The largest absolute Gasteiger partial charge is 0.496 e. The summed E-state index contributed by atoms with van der Waals surface area (Å²) in [5.41, 5.74) is 0.473. The maximum atomic E-state index is 12.7. The molecule has 5 nitrogen and oxygen atoms in total. The van der Waals surface area contributed by atoms with Crippen molar-refractivity contribution in [1.29, 1.82) is 0 Å². The highest BCUT2D eigenvalue weighted by atomic mass is 16.5. The zero-order valence-corrected chi connectivity index (χ0v) is 11.5. The fourth-order valence-corrected chi connectivity index (χ4v) is 2.23. The SMILES string of the molecule is COc1cccc(OC)c1C(=O)N1CCOCC1C. The molecule has 0 radical (unpaired) electrons. The number of rotatable bonds is 3. The van der Waals surface area contributed by atoms with Crippen molar-refractivity contribution in [3.63, 3.8) is 0 Å². The van der Waals surface area contributed by atoms with E-state index < -0.39 is 0 Å². The Bertz CT molecular complexity index is 439. The lowest BCUT2D eigenvalue weighted by atomic mass is 10.1. The fraction of sp³-hybridized carbons (Fsp3) is 0.500. The van der Waals surface area contributed by atoms with Gasteiger partial charge in [0.25, 0.3) is 5.91 Å². The number of carbonyl (C=O) groups excluding carboxylic acids is 1. The molecule has 19 heavy (non-hydrogen) atoms. The van der Waals surface area contributed by atoms with Crippen LogP contribution >= 0.6 is 0 Å². The Hall–Kier alpha value is -1.75. The van der Waals surface area contributed by atoms with Crippen LogP contribution in [0.15, 0.2) is 18.2 Å². The van der Waals surface area contributed by atoms with Crippen molar-refractivity contribution in [1.82, 2.24) is 4.90 Å². The van der Waals surface area contributed by atoms with Gasteiger partial charge in [-0.05, 0) is 19.1 Å². The van der Waals surface area contributed by atoms with Gasteiger partial charge >= 0.3 is 0 Å². The van der Waals surface area contributed by atoms with Crippen molar-refractivity contribution < 1.29 is 19.0 Å². The first kappa shape index (κ1) is 13.7. The highest BCUT2D eigenvalue weighted by Gasteiger charge is 2.29. The third-order valence-corrected chi connectivity index (χ3v) is 3.27. The summed E-state index contributed by atoms with van der Waals surface area (Å²) in [6.07, 6.45) is 0. The number of ether oxygens (including phenoxy) is 3. The van der Waals surface area contributed by atoms with Crippen LogP contribution in [0.25, 0.3) is 0 Å². The van der Waals surface area contributed by atoms with Crippen LogP contribution in [0.2, 0.25) is 0 Å². The topological polar surface area (TPSA) is 48.0 Å². The molecule has 0 N–H and O–H groups in total. The normalized spacial score (nSPS) is 19.1. The van der Waals surface area contributed by atoms with Gasteiger partial charge in [0.15, 0.2) is 0 Å². The zero-order chi connectivity index (χ0) is 13.8. The standard InChI is InChI=1S/C14H19NO4/c1-10-9-19-8-7-15(10)14(16)13-11(17-2)5-4-6-12(13)18-3/h4-6,10H,7-9H2,1-3H3. The van der Waals surface area contributed by atoms with Gasteiger partial charge in [-0.3, -0.25) is 4.79 Å². The van der Waals surface area contributed by atoms with Crippen LogP contribution in [-0.4, -0.2) is 50.8 Å². The Morgan fingerprint density at radius 3 is 2.47 bits per heavy atom. The molecule has 1 aromatic carbocycles. The smallest absolute Gasteiger partial charge is 0.261 e. The minimum absolute atomic E-state index is 0.0517. The average Bonchev–Trinajstić information content (AvgIpc) is 2.46. The van der Waals surface area contributed by atoms with Gasteiger partial charge in [-0.2, -0.15) is 0 Å². The summed E-state index contributed by atoms with van der Waals surface area (Å²) < 4.78 is 15.9. The van der Waals surface area contributed by atoms with Crippen molar-refractivity contribution >= 4 is 5.91 Å². The van der Waals surface area contributed by atoms with Crippen LogP contribution in [0, 0.1) is 0 Å². The number of hydrogen-bond acceptors (Lipinski definition) is 4. The summed E-state index contributed by atoms with van der Waals surface area (Å²) in [5, 5.41) is 0. The van der Waals surface area contributed by atoms with Crippen LogP contribution < -0.4 is 9.47 Å². The molecule has 1 aliphatic heterocycles. The minimum atomic E-state index is -0.0786. The lowest BCUT2D eigenvalue weighted by Gasteiger charge is -2.33. The molecule has 0 aliphatic carbocycles. The van der Waals surface area contributed by atoms with Gasteiger partial charge in [-0.25, -0.2) is 0 Å². The molecule has 2 rings (SSSR count). The third kappa shape index (κ3) is 2.66. The molecule has 1 atom stereocenters. The summed E-state index contributed by atoms with van der Waals surface area (Å²) in [6.45, 7) is 3.68. The summed E-state index contributed by atoms with van der Waals surface area (Å²) >= 11 is 0. The molecule has 1 fully saturated rings. The number of carbonyl (C=O) groups is 1. The molecule has 1 aromatic rings. The zero-order valence-electron chi connectivity index (χ0n) is 11.5. The van der Waals surface area contributed by atoms with Gasteiger partial charge in [0.2, 0.25) is 0 Å². The van der Waals surface area contributed by atoms with Gasteiger partial charge in [-0.1, -0.05) is 6.07 Å². The second-order valence-electron chi connectivity index (χ2n) is 4.46. The number of morpholine rings is 1. The van der Waals surface area contributed by atoms with E-state index in [1.54, 1.807) is 37.3 Å². The molecule has 0 bridgehead atoms. The maximum absolute atomic E-state index is 12.7. The summed E-state index contributed by atoms with van der Waals surface area (Å²) in [7, 11) is 3.10. The second kappa shape index (κ2) is 5.93. The van der Waals surface area contributed by atoms with Crippen molar-refractivity contribution in [2.24, 2.45) is 0 Å². The Morgan fingerprint density at radius 1 is 1.32 bits per heavy atom. The lowest BCUT2D eigenvalue weighted by Crippen LogP contribution is -2.47. The van der Waals surface area contributed by atoms with Crippen LogP contribution in [-0.2, 0) is 4.74 Å². The molecule has 1 aliphatic rings. The number of benzene rings is 1. The van der Waals surface area contributed by atoms with Crippen molar-refractivity contribution in [3.8, 4) is 11.5 Å². The molecule has 1 saturated heterocycles. The molecule has 0 spiro atoms. The predicted molar refractivity (Wildman–Crippen MR) is 70.9 cm³/mol. The Kier molecular flexibility index (Phi) is 4.27. The highest BCUT2D eigenvalue weighted by molar-refractivity contribution is 6.00. The third-order valence-electron chi connectivity index (χ3n) is 3.27. The number of hydrogen-bond donors (Lipinski definition) is 0. The second-order valence-corrected chi connectivity index (χ2v) is 4.46. The van der Waals surface area contributed by atoms with Crippen molar-refractivity contribution in [2.45, 2.75) is 13.0 Å². The van der Waals surface area contributed by atoms with E-state index in [2.05, 4.69) is 0 Å². The van der Waals surface area contributed by atoms with Crippen molar-refractivity contribution in [2.75, 3.05) is 34.0 Å². The Balaban J connectivity index is 2.36. The molecule has 0 aromatic heterocycles. The van der Waals surface area contributed by atoms with E-state index in [0.29, 0.717) is 36.8 Å². The van der Waals surface area contributed by atoms with E-state index in [1.165, 1.54) is 0 Å². The summed E-state index contributed by atoms with van der Waals surface area (Å²) in [6, 6.07) is 5.38. The minimum Gasteiger partial charge on any atom is -0.496 e. The number of amides is 1. The van der Waals surface area contributed by atoms with Crippen molar-refractivity contribution in [3.05, 3.63) is 23.8 Å². The monoisotopic (exact) mass is 265 g/mol. The number of methoxy groups -OCH3 is 2. The van der Waals surface area contributed by atoms with Crippen LogP contribution in [0.3, 0.4) is 0 Å². The van der Waals surface area contributed by atoms with Gasteiger partial charge in [0.05, 0.1) is 33.5 Å². The highest BCUT2D eigenvalue weighted by Crippen LogP contribution is 2.30. The molecular formula is C14H19NO4. The molecule has 104 valence electrons. The van der Waals surface area contributed by atoms with Crippen LogP contribution in [0.1, 0.15) is 17.3 Å². The molecule has 5 heteroatoms. The van der Waals surface area contributed by atoms with Gasteiger partial charge in [0, 0.05) is 6.54 Å². The predicted octanol–water partition coefficient (Wildman–Crippen LogP) is 1.56. The van der Waals surface area contributed by atoms with Crippen LogP contribution in [0.5, 0.6) is 11.5 Å². The van der Waals surface area contributed by atoms with E-state index in [0.717, 1.165) is 0 Å². The fourth-order valence-electron chi connectivity index (χ4n) is 2.23. The van der Waals surface area contributed by atoms with Crippen LogP contribution in [0.4, 0.5) is 0 Å². The van der Waals surface area contributed by atoms with Gasteiger partial charge in [-0.15, -0.1) is 0 Å². The summed E-state index contributed by atoms with van der Waals surface area (Å²) in [5.74, 6) is 0.983. The quantitative estimate of drug-likeness (QED) is 0.832. The first-order valence-corrected chi connectivity index (χ1v) is 6.28.